The molecule has 0 saturated carbocycles. The summed E-state index contributed by atoms with van der Waals surface area (Å²) in [5, 5.41) is 2.05. The summed E-state index contributed by atoms with van der Waals surface area (Å²) >= 11 is 1.69. The molecule has 0 N–H and O–H groups in total. The number of rotatable bonds is 8. The Hall–Kier alpha value is -2.27. The Bertz CT molecular complexity index is 698. The molecule has 0 atom stereocenters. The van der Waals surface area contributed by atoms with Gasteiger partial charge in [-0.1, -0.05) is 6.07 Å². The minimum atomic E-state index is 0.777. The van der Waals surface area contributed by atoms with Gasteiger partial charge in [-0.15, -0.1) is 11.8 Å². The van der Waals surface area contributed by atoms with Crippen LogP contribution in [0.3, 0.4) is 0 Å². The van der Waals surface area contributed by atoms with Gasteiger partial charge in [-0.25, -0.2) is 0 Å². The van der Waals surface area contributed by atoms with E-state index in [1.54, 1.807) is 40.2 Å². The predicted molar refractivity (Wildman–Crippen MR) is 99.4 cm³/mol. The summed E-state index contributed by atoms with van der Waals surface area (Å²) in [6.07, 6.45) is 2.03. The van der Waals surface area contributed by atoms with Gasteiger partial charge in [0, 0.05) is 29.0 Å². The molecule has 2 aromatic rings. The van der Waals surface area contributed by atoms with Gasteiger partial charge in [0.2, 0.25) is 0 Å². The quantitative estimate of drug-likeness (QED) is 0.697. The van der Waals surface area contributed by atoms with Crippen molar-refractivity contribution in [2.75, 3.05) is 28.4 Å². The third-order valence-corrected chi connectivity index (χ3v) is 4.32. The fourth-order valence-electron chi connectivity index (χ4n) is 2.19. The lowest BCUT2D eigenvalue weighted by atomic mass is 10.2. The van der Waals surface area contributed by atoms with Crippen LogP contribution in [0.4, 0.5) is 0 Å². The molecule has 24 heavy (non-hydrogen) atoms. The Balaban J connectivity index is 2.03. The Morgan fingerprint density at radius 2 is 1.42 bits per heavy atom. The number of ether oxygens (including phenoxy) is 4. The topological polar surface area (TPSA) is 36.9 Å². The summed E-state index contributed by atoms with van der Waals surface area (Å²) in [7, 11) is 6.61. The maximum absolute atomic E-state index is 5.41. The zero-order chi connectivity index (χ0) is 17.4. The van der Waals surface area contributed by atoms with Crippen molar-refractivity contribution in [2.24, 2.45) is 0 Å². The number of hydrogen-bond acceptors (Lipinski definition) is 5. The van der Waals surface area contributed by atoms with Gasteiger partial charge >= 0.3 is 0 Å². The van der Waals surface area contributed by atoms with Crippen molar-refractivity contribution in [1.82, 2.24) is 0 Å². The first-order valence-electron chi connectivity index (χ1n) is 7.43. The van der Waals surface area contributed by atoms with E-state index in [1.807, 2.05) is 47.9 Å². The summed E-state index contributed by atoms with van der Waals surface area (Å²) < 4.78 is 21.2. The first kappa shape index (κ1) is 18.1. The van der Waals surface area contributed by atoms with Gasteiger partial charge in [0.25, 0.3) is 0 Å². The Kier molecular flexibility index (Phi) is 6.88. The van der Waals surface area contributed by atoms with Crippen LogP contribution in [-0.2, 0) is 5.75 Å². The average molecular weight is 346 g/mol. The molecule has 0 fully saturated rings. The highest BCUT2D eigenvalue weighted by atomic mass is 32.2. The van der Waals surface area contributed by atoms with E-state index in [4.69, 9.17) is 18.9 Å². The fourth-order valence-corrected chi connectivity index (χ4v) is 2.94. The highest BCUT2D eigenvalue weighted by molar-refractivity contribution is 8.01. The molecular formula is C19H22O4S. The molecular weight excluding hydrogens is 324 g/mol. The Labute approximate surface area is 147 Å². The van der Waals surface area contributed by atoms with E-state index < -0.39 is 0 Å². The van der Waals surface area contributed by atoms with Gasteiger partial charge in [0.15, 0.2) is 0 Å². The standard InChI is InChI=1S/C19H22O4S/c1-20-16-7-5-14(18(11-16)22-3)9-10-24-13-15-6-8-17(21-2)12-19(15)23-4/h5-12H,13H2,1-4H3/b10-9-. The molecule has 0 amide bonds. The van der Waals surface area contributed by atoms with Crippen LogP contribution in [0.2, 0.25) is 0 Å². The molecule has 0 saturated heterocycles. The van der Waals surface area contributed by atoms with Crippen molar-refractivity contribution in [3.05, 3.63) is 52.9 Å². The van der Waals surface area contributed by atoms with Gasteiger partial charge in [0.1, 0.15) is 23.0 Å². The van der Waals surface area contributed by atoms with Crippen LogP contribution in [0.5, 0.6) is 23.0 Å². The first-order valence-corrected chi connectivity index (χ1v) is 8.47. The summed E-state index contributed by atoms with van der Waals surface area (Å²) in [5.41, 5.74) is 2.13. The van der Waals surface area contributed by atoms with Gasteiger partial charge in [-0.05, 0) is 29.7 Å². The second-order valence-electron chi connectivity index (χ2n) is 4.90. The highest BCUT2D eigenvalue weighted by Gasteiger charge is 2.05. The zero-order valence-corrected chi connectivity index (χ0v) is 15.2. The van der Waals surface area contributed by atoms with Crippen molar-refractivity contribution in [3.63, 3.8) is 0 Å². The normalized spacial score (nSPS) is 10.7. The van der Waals surface area contributed by atoms with Crippen LogP contribution in [0.1, 0.15) is 11.1 Å². The fraction of sp³-hybridized carbons (Fsp3) is 0.263. The van der Waals surface area contributed by atoms with Crippen molar-refractivity contribution in [1.29, 1.82) is 0 Å². The van der Waals surface area contributed by atoms with Crippen LogP contribution in [0, 0.1) is 0 Å². The van der Waals surface area contributed by atoms with E-state index in [9.17, 15) is 0 Å². The number of benzene rings is 2. The molecule has 0 aliphatic heterocycles. The summed E-state index contributed by atoms with van der Waals surface area (Å²) in [4.78, 5) is 0. The highest BCUT2D eigenvalue weighted by Crippen LogP contribution is 2.30. The Morgan fingerprint density at radius 3 is 2.04 bits per heavy atom. The third-order valence-electron chi connectivity index (χ3n) is 3.52. The Morgan fingerprint density at radius 1 is 0.792 bits per heavy atom. The molecule has 2 aromatic carbocycles. The van der Waals surface area contributed by atoms with Crippen LogP contribution >= 0.6 is 11.8 Å². The minimum Gasteiger partial charge on any atom is -0.497 e. The van der Waals surface area contributed by atoms with Crippen LogP contribution in [0.15, 0.2) is 41.8 Å². The van der Waals surface area contributed by atoms with E-state index in [0.29, 0.717) is 0 Å². The largest absolute Gasteiger partial charge is 0.497 e. The molecule has 5 heteroatoms. The van der Waals surface area contributed by atoms with Crippen LogP contribution in [0.25, 0.3) is 6.08 Å². The lowest BCUT2D eigenvalue weighted by Crippen LogP contribution is -1.92. The van der Waals surface area contributed by atoms with Crippen LogP contribution < -0.4 is 18.9 Å². The molecule has 2 rings (SSSR count). The molecule has 0 bridgehead atoms. The molecule has 0 radical (unpaired) electrons. The van der Waals surface area contributed by atoms with E-state index in [-0.39, 0.29) is 0 Å². The number of hydrogen-bond donors (Lipinski definition) is 0. The SMILES string of the molecule is COc1ccc(/C=C\SCc2ccc(OC)cc2OC)c(OC)c1. The van der Waals surface area contributed by atoms with Gasteiger partial charge in [-0.2, -0.15) is 0 Å². The smallest absolute Gasteiger partial charge is 0.129 e. The van der Waals surface area contributed by atoms with E-state index in [1.165, 1.54) is 0 Å². The summed E-state index contributed by atoms with van der Waals surface area (Å²) in [6.45, 7) is 0. The first-order chi connectivity index (χ1) is 11.7. The second-order valence-corrected chi connectivity index (χ2v) is 5.79. The number of methoxy groups -OCH3 is 4. The molecule has 0 aromatic heterocycles. The molecule has 128 valence electrons. The van der Waals surface area contributed by atoms with Crippen molar-refractivity contribution in [2.45, 2.75) is 5.75 Å². The van der Waals surface area contributed by atoms with E-state index >= 15 is 0 Å². The molecule has 0 heterocycles. The monoisotopic (exact) mass is 346 g/mol. The predicted octanol–water partition coefficient (Wildman–Crippen LogP) is 4.63. The summed E-state index contributed by atoms with van der Waals surface area (Å²) in [6, 6.07) is 11.6. The molecule has 0 aliphatic rings. The van der Waals surface area contributed by atoms with Gasteiger partial charge in [0.05, 0.1) is 28.4 Å². The molecule has 0 spiro atoms. The molecule has 0 unspecified atom stereocenters. The maximum Gasteiger partial charge on any atom is 0.129 e. The maximum atomic E-state index is 5.41. The zero-order valence-electron chi connectivity index (χ0n) is 14.4. The molecule has 0 aliphatic carbocycles. The van der Waals surface area contributed by atoms with Crippen molar-refractivity contribution in [3.8, 4) is 23.0 Å². The molecule has 4 nitrogen and oxygen atoms in total. The van der Waals surface area contributed by atoms with Gasteiger partial charge < -0.3 is 18.9 Å². The van der Waals surface area contributed by atoms with Crippen molar-refractivity contribution >= 4 is 17.8 Å². The lowest BCUT2D eigenvalue weighted by molar-refractivity contribution is 0.392. The second kappa shape index (κ2) is 9.13. The van der Waals surface area contributed by atoms with E-state index in [2.05, 4.69) is 0 Å². The minimum absolute atomic E-state index is 0.777. The van der Waals surface area contributed by atoms with Crippen molar-refractivity contribution < 1.29 is 18.9 Å². The lowest BCUT2D eigenvalue weighted by Gasteiger charge is -2.09. The average Bonchev–Trinajstić information content (AvgIpc) is 2.65. The summed E-state index contributed by atoms with van der Waals surface area (Å²) in [5.74, 6) is 3.99. The third kappa shape index (κ3) is 4.61. The van der Waals surface area contributed by atoms with E-state index in [0.717, 1.165) is 39.9 Å². The van der Waals surface area contributed by atoms with Gasteiger partial charge in [-0.3, -0.25) is 0 Å². The van der Waals surface area contributed by atoms with Crippen LogP contribution in [-0.4, -0.2) is 28.4 Å². The number of thioether (sulfide) groups is 1.